The number of hydrogen-bond acceptors (Lipinski definition) is 0. The van der Waals surface area contributed by atoms with E-state index in [1.54, 1.807) is 18.2 Å². The summed E-state index contributed by atoms with van der Waals surface area (Å²) >= 11 is 5.79. The Hall–Kier alpha value is -1.48. The molecule has 0 saturated carbocycles. The standard InChI is InChI=1S/C14H10ClF3/c15-9-11-4-1-2-7-13(11)10-5-3-6-12(8-10)14(16,17)18/h1-8H,9H2. The molecule has 18 heavy (non-hydrogen) atoms. The molecule has 0 atom stereocenters. The first-order valence-electron chi connectivity index (χ1n) is 5.34. The number of benzene rings is 2. The summed E-state index contributed by atoms with van der Waals surface area (Å²) in [7, 11) is 0. The van der Waals surface area contributed by atoms with Gasteiger partial charge in [-0.1, -0.05) is 36.4 Å². The molecule has 0 unspecified atom stereocenters. The topological polar surface area (TPSA) is 0 Å². The van der Waals surface area contributed by atoms with E-state index in [4.69, 9.17) is 11.6 Å². The van der Waals surface area contributed by atoms with Crippen molar-refractivity contribution in [2.75, 3.05) is 0 Å². The molecule has 2 rings (SSSR count). The molecule has 0 fully saturated rings. The molecule has 0 heterocycles. The molecule has 0 spiro atoms. The second kappa shape index (κ2) is 5.02. The van der Waals surface area contributed by atoms with E-state index in [0.29, 0.717) is 5.56 Å². The first-order chi connectivity index (χ1) is 8.52. The molecule has 4 heteroatoms. The van der Waals surface area contributed by atoms with Gasteiger partial charge in [-0.2, -0.15) is 13.2 Å². The predicted molar refractivity (Wildman–Crippen MR) is 66.4 cm³/mol. The minimum Gasteiger partial charge on any atom is -0.166 e. The van der Waals surface area contributed by atoms with Crippen molar-refractivity contribution in [1.29, 1.82) is 0 Å². The van der Waals surface area contributed by atoms with Crippen molar-refractivity contribution < 1.29 is 13.2 Å². The maximum Gasteiger partial charge on any atom is 0.416 e. The number of alkyl halides is 4. The van der Waals surface area contributed by atoms with Crippen LogP contribution in [0.25, 0.3) is 11.1 Å². The van der Waals surface area contributed by atoms with Gasteiger partial charge in [-0.3, -0.25) is 0 Å². The van der Waals surface area contributed by atoms with Crippen molar-refractivity contribution in [3.63, 3.8) is 0 Å². The lowest BCUT2D eigenvalue weighted by Gasteiger charge is -2.11. The smallest absolute Gasteiger partial charge is 0.166 e. The highest BCUT2D eigenvalue weighted by atomic mass is 35.5. The van der Waals surface area contributed by atoms with E-state index in [9.17, 15) is 13.2 Å². The molecule has 2 aromatic carbocycles. The first kappa shape index (κ1) is 13.0. The third kappa shape index (κ3) is 2.67. The van der Waals surface area contributed by atoms with E-state index >= 15 is 0 Å². The molecule has 0 aromatic heterocycles. The Morgan fingerprint density at radius 3 is 2.33 bits per heavy atom. The summed E-state index contributed by atoms with van der Waals surface area (Å²) in [5.74, 6) is 0.270. The van der Waals surface area contributed by atoms with Crippen molar-refractivity contribution in [1.82, 2.24) is 0 Å². The summed E-state index contributed by atoms with van der Waals surface area (Å²) in [5.41, 5.74) is 1.43. The Labute approximate surface area is 108 Å². The van der Waals surface area contributed by atoms with E-state index in [2.05, 4.69) is 0 Å². The van der Waals surface area contributed by atoms with Crippen molar-refractivity contribution in [3.05, 3.63) is 59.7 Å². The van der Waals surface area contributed by atoms with Gasteiger partial charge in [0.25, 0.3) is 0 Å². The number of hydrogen-bond donors (Lipinski definition) is 0. The van der Waals surface area contributed by atoms with Gasteiger partial charge in [-0.25, -0.2) is 0 Å². The average molecular weight is 271 g/mol. The van der Waals surface area contributed by atoms with Crippen LogP contribution in [0.15, 0.2) is 48.5 Å². The zero-order chi connectivity index (χ0) is 13.2. The van der Waals surface area contributed by atoms with Gasteiger partial charge in [0, 0.05) is 5.88 Å². The predicted octanol–water partition coefficient (Wildman–Crippen LogP) is 5.11. The van der Waals surface area contributed by atoms with Crippen molar-refractivity contribution >= 4 is 11.6 Å². The van der Waals surface area contributed by atoms with Gasteiger partial charge in [0.15, 0.2) is 0 Å². The SMILES string of the molecule is FC(F)(F)c1cccc(-c2ccccc2CCl)c1. The van der Waals surface area contributed by atoms with E-state index < -0.39 is 11.7 Å². The van der Waals surface area contributed by atoms with Gasteiger partial charge in [-0.05, 0) is 28.8 Å². The highest BCUT2D eigenvalue weighted by molar-refractivity contribution is 6.17. The number of halogens is 4. The maximum atomic E-state index is 12.6. The van der Waals surface area contributed by atoms with Crippen LogP contribution in [0, 0.1) is 0 Å². The summed E-state index contributed by atoms with van der Waals surface area (Å²) in [6.45, 7) is 0. The maximum absolute atomic E-state index is 12.6. The van der Waals surface area contributed by atoms with Crippen LogP contribution in [0.1, 0.15) is 11.1 Å². The molecule has 0 aliphatic rings. The molecule has 0 amide bonds. The Morgan fingerprint density at radius 1 is 0.944 bits per heavy atom. The van der Waals surface area contributed by atoms with Crippen LogP contribution < -0.4 is 0 Å². The normalized spacial score (nSPS) is 11.6. The molecule has 94 valence electrons. The van der Waals surface area contributed by atoms with Crippen LogP contribution in [-0.2, 0) is 12.1 Å². The van der Waals surface area contributed by atoms with Gasteiger partial charge in [-0.15, -0.1) is 11.6 Å². The second-order valence-electron chi connectivity index (χ2n) is 3.87. The molecule has 0 saturated heterocycles. The zero-order valence-electron chi connectivity index (χ0n) is 9.34. The van der Waals surface area contributed by atoms with Gasteiger partial charge in [0.05, 0.1) is 5.56 Å². The summed E-state index contributed by atoms with van der Waals surface area (Å²) in [5, 5.41) is 0. The molecular formula is C14H10ClF3. The van der Waals surface area contributed by atoms with Gasteiger partial charge in [0.1, 0.15) is 0 Å². The molecule has 0 N–H and O–H groups in total. The van der Waals surface area contributed by atoms with E-state index in [-0.39, 0.29) is 5.88 Å². The quantitative estimate of drug-likeness (QED) is 0.665. The fourth-order valence-corrected chi connectivity index (χ4v) is 2.01. The van der Waals surface area contributed by atoms with Gasteiger partial charge >= 0.3 is 6.18 Å². The van der Waals surface area contributed by atoms with Gasteiger partial charge in [0.2, 0.25) is 0 Å². The fourth-order valence-electron chi connectivity index (χ4n) is 1.78. The molecule has 0 radical (unpaired) electrons. The van der Waals surface area contributed by atoms with E-state index in [1.165, 1.54) is 6.07 Å². The van der Waals surface area contributed by atoms with E-state index in [1.807, 2.05) is 12.1 Å². The monoisotopic (exact) mass is 270 g/mol. The lowest BCUT2D eigenvalue weighted by Crippen LogP contribution is -2.04. The highest BCUT2D eigenvalue weighted by Crippen LogP contribution is 2.33. The van der Waals surface area contributed by atoms with Crippen molar-refractivity contribution in [3.8, 4) is 11.1 Å². The van der Waals surface area contributed by atoms with Crippen LogP contribution in [0.5, 0.6) is 0 Å². The minimum atomic E-state index is -4.33. The van der Waals surface area contributed by atoms with Gasteiger partial charge < -0.3 is 0 Å². The third-order valence-corrected chi connectivity index (χ3v) is 2.95. The van der Waals surface area contributed by atoms with Crippen LogP contribution in [0.2, 0.25) is 0 Å². The van der Waals surface area contributed by atoms with Crippen molar-refractivity contribution in [2.24, 2.45) is 0 Å². The third-order valence-electron chi connectivity index (χ3n) is 2.66. The molecular weight excluding hydrogens is 261 g/mol. The Bertz CT molecular complexity index is 547. The summed E-state index contributed by atoms with van der Waals surface area (Å²) in [6.07, 6.45) is -4.33. The second-order valence-corrected chi connectivity index (χ2v) is 4.14. The first-order valence-corrected chi connectivity index (χ1v) is 5.87. The minimum absolute atomic E-state index is 0.270. The van der Waals surface area contributed by atoms with Crippen molar-refractivity contribution in [2.45, 2.75) is 12.1 Å². The zero-order valence-corrected chi connectivity index (χ0v) is 10.1. The highest BCUT2D eigenvalue weighted by Gasteiger charge is 2.30. The molecule has 0 aliphatic carbocycles. The van der Waals surface area contributed by atoms with Crippen LogP contribution >= 0.6 is 11.6 Å². The Balaban J connectivity index is 2.51. The molecule has 0 aliphatic heterocycles. The summed E-state index contributed by atoms with van der Waals surface area (Å²) < 4.78 is 37.9. The van der Waals surface area contributed by atoms with Crippen LogP contribution in [-0.4, -0.2) is 0 Å². The average Bonchev–Trinajstić information content (AvgIpc) is 2.38. The Kier molecular flexibility index (Phi) is 3.62. The van der Waals surface area contributed by atoms with E-state index in [0.717, 1.165) is 23.3 Å². The molecule has 2 aromatic rings. The fraction of sp³-hybridized carbons (Fsp3) is 0.143. The lowest BCUT2D eigenvalue weighted by atomic mass is 9.99. The summed E-state index contributed by atoms with van der Waals surface area (Å²) in [6, 6.07) is 12.4. The lowest BCUT2D eigenvalue weighted by molar-refractivity contribution is -0.137. The molecule has 0 nitrogen and oxygen atoms in total. The van der Waals surface area contributed by atoms with Crippen LogP contribution in [0.3, 0.4) is 0 Å². The largest absolute Gasteiger partial charge is 0.416 e. The molecule has 0 bridgehead atoms. The number of rotatable bonds is 2. The summed E-state index contributed by atoms with van der Waals surface area (Å²) in [4.78, 5) is 0. The Morgan fingerprint density at radius 2 is 1.67 bits per heavy atom. The van der Waals surface area contributed by atoms with Crippen LogP contribution in [0.4, 0.5) is 13.2 Å².